The van der Waals surface area contributed by atoms with Gasteiger partial charge in [0.05, 0.1) is 13.2 Å². The molecule has 1 saturated heterocycles. The lowest BCUT2D eigenvalue weighted by Crippen LogP contribution is -2.39. The lowest BCUT2D eigenvalue weighted by Gasteiger charge is -2.29. The second kappa shape index (κ2) is 9.20. The van der Waals surface area contributed by atoms with Crippen molar-refractivity contribution in [2.24, 2.45) is 4.99 Å². The van der Waals surface area contributed by atoms with E-state index in [1.165, 1.54) is 11.1 Å². The van der Waals surface area contributed by atoms with E-state index in [9.17, 15) is 0 Å². The summed E-state index contributed by atoms with van der Waals surface area (Å²) < 4.78 is 5.45. The number of anilines is 1. The van der Waals surface area contributed by atoms with Crippen LogP contribution in [0.25, 0.3) is 0 Å². The Balaban J connectivity index is 1.59. The van der Waals surface area contributed by atoms with Gasteiger partial charge >= 0.3 is 0 Å². The smallest absolute Gasteiger partial charge is 0.191 e. The molecule has 6 heteroatoms. The first kappa shape index (κ1) is 18.2. The Morgan fingerprint density at radius 1 is 1.08 bits per heavy atom. The highest BCUT2D eigenvalue weighted by atomic mass is 16.5. The van der Waals surface area contributed by atoms with Gasteiger partial charge < -0.3 is 20.3 Å². The van der Waals surface area contributed by atoms with E-state index in [2.05, 4.69) is 62.8 Å². The Hall–Kier alpha value is -2.60. The van der Waals surface area contributed by atoms with Gasteiger partial charge in [0, 0.05) is 45.0 Å². The largest absolute Gasteiger partial charge is 0.378 e. The van der Waals surface area contributed by atoms with Gasteiger partial charge in [0.25, 0.3) is 0 Å². The van der Waals surface area contributed by atoms with Crippen LogP contribution in [0.5, 0.6) is 0 Å². The SMILES string of the molecule is CN=C(NCc1ccccc1C)NCc1cccnc1N1CCOCC1. The third-order valence-electron chi connectivity index (χ3n) is 4.56. The normalized spacial score (nSPS) is 15.0. The Morgan fingerprint density at radius 2 is 1.77 bits per heavy atom. The monoisotopic (exact) mass is 353 g/mol. The van der Waals surface area contributed by atoms with E-state index in [1.807, 2.05) is 12.3 Å². The Labute approximate surface area is 155 Å². The van der Waals surface area contributed by atoms with E-state index in [4.69, 9.17) is 4.74 Å². The Bertz CT molecular complexity index is 740. The van der Waals surface area contributed by atoms with Crippen LogP contribution in [0.2, 0.25) is 0 Å². The third-order valence-corrected chi connectivity index (χ3v) is 4.56. The lowest BCUT2D eigenvalue weighted by atomic mass is 10.1. The number of benzene rings is 1. The molecule has 2 N–H and O–H groups in total. The Morgan fingerprint density at radius 3 is 2.50 bits per heavy atom. The minimum absolute atomic E-state index is 0.675. The van der Waals surface area contributed by atoms with Crippen LogP contribution in [0.3, 0.4) is 0 Å². The first-order valence-corrected chi connectivity index (χ1v) is 9.03. The molecule has 1 fully saturated rings. The van der Waals surface area contributed by atoms with Crippen molar-refractivity contribution in [3.05, 3.63) is 59.3 Å². The number of hydrogen-bond acceptors (Lipinski definition) is 4. The predicted molar refractivity (Wildman–Crippen MR) is 105 cm³/mol. The molecule has 1 aromatic heterocycles. The van der Waals surface area contributed by atoms with Crippen molar-refractivity contribution < 1.29 is 4.74 Å². The van der Waals surface area contributed by atoms with Crippen molar-refractivity contribution >= 4 is 11.8 Å². The molecule has 0 unspecified atom stereocenters. The average molecular weight is 353 g/mol. The van der Waals surface area contributed by atoms with E-state index in [1.54, 1.807) is 7.05 Å². The molecule has 26 heavy (non-hydrogen) atoms. The molecule has 1 aliphatic heterocycles. The van der Waals surface area contributed by atoms with Crippen molar-refractivity contribution in [2.75, 3.05) is 38.3 Å². The third kappa shape index (κ3) is 4.73. The molecule has 0 saturated carbocycles. The van der Waals surface area contributed by atoms with E-state index in [-0.39, 0.29) is 0 Å². The summed E-state index contributed by atoms with van der Waals surface area (Å²) in [5.41, 5.74) is 3.70. The van der Waals surface area contributed by atoms with Crippen LogP contribution in [0.1, 0.15) is 16.7 Å². The first-order chi connectivity index (χ1) is 12.8. The molecule has 6 nitrogen and oxygen atoms in total. The van der Waals surface area contributed by atoms with E-state index in [0.29, 0.717) is 6.54 Å². The summed E-state index contributed by atoms with van der Waals surface area (Å²) in [6.07, 6.45) is 1.85. The van der Waals surface area contributed by atoms with Crippen LogP contribution in [-0.4, -0.2) is 44.3 Å². The molecule has 0 atom stereocenters. The quantitative estimate of drug-likeness (QED) is 0.637. The fourth-order valence-electron chi connectivity index (χ4n) is 3.02. The maximum absolute atomic E-state index is 5.45. The number of aliphatic imine (C=N–C) groups is 1. The molecule has 2 aromatic rings. The van der Waals surface area contributed by atoms with Crippen molar-refractivity contribution in [2.45, 2.75) is 20.0 Å². The van der Waals surface area contributed by atoms with Gasteiger partial charge in [0.2, 0.25) is 0 Å². The Kier molecular flexibility index (Phi) is 6.44. The van der Waals surface area contributed by atoms with Gasteiger partial charge in [-0.05, 0) is 24.1 Å². The minimum Gasteiger partial charge on any atom is -0.378 e. The highest BCUT2D eigenvalue weighted by molar-refractivity contribution is 5.79. The highest BCUT2D eigenvalue weighted by Crippen LogP contribution is 2.18. The maximum atomic E-state index is 5.45. The predicted octanol–water partition coefficient (Wildman–Crippen LogP) is 2.09. The summed E-state index contributed by atoms with van der Waals surface area (Å²) in [5, 5.41) is 6.78. The number of ether oxygens (including phenoxy) is 1. The summed E-state index contributed by atoms with van der Waals surface area (Å²) in [6.45, 7) is 6.81. The van der Waals surface area contributed by atoms with Crippen molar-refractivity contribution in [3.63, 3.8) is 0 Å². The fourth-order valence-corrected chi connectivity index (χ4v) is 3.02. The molecule has 138 valence electrons. The number of aryl methyl sites for hydroxylation is 1. The number of rotatable bonds is 5. The minimum atomic E-state index is 0.675. The van der Waals surface area contributed by atoms with Crippen LogP contribution in [0.4, 0.5) is 5.82 Å². The van der Waals surface area contributed by atoms with Crippen LogP contribution in [0, 0.1) is 6.92 Å². The zero-order chi connectivity index (χ0) is 18.2. The molecular weight excluding hydrogens is 326 g/mol. The number of pyridine rings is 1. The zero-order valence-corrected chi connectivity index (χ0v) is 15.5. The second-order valence-electron chi connectivity index (χ2n) is 6.29. The van der Waals surface area contributed by atoms with Gasteiger partial charge in [-0.15, -0.1) is 0 Å². The number of nitrogens with one attached hydrogen (secondary N) is 2. The summed E-state index contributed by atoms with van der Waals surface area (Å²) in [4.78, 5) is 11.2. The molecule has 0 amide bonds. The number of guanidine groups is 1. The molecular formula is C20H27N5O. The number of morpholine rings is 1. The molecule has 2 heterocycles. The van der Waals surface area contributed by atoms with Crippen LogP contribution < -0.4 is 15.5 Å². The fraction of sp³-hybridized carbons (Fsp3) is 0.400. The average Bonchev–Trinajstić information content (AvgIpc) is 2.70. The van der Waals surface area contributed by atoms with Gasteiger partial charge in [-0.2, -0.15) is 0 Å². The topological polar surface area (TPSA) is 61.8 Å². The van der Waals surface area contributed by atoms with Crippen LogP contribution >= 0.6 is 0 Å². The van der Waals surface area contributed by atoms with Crippen molar-refractivity contribution in [1.82, 2.24) is 15.6 Å². The molecule has 1 aliphatic rings. The van der Waals surface area contributed by atoms with E-state index < -0.39 is 0 Å². The number of nitrogens with zero attached hydrogens (tertiary/aromatic N) is 3. The van der Waals surface area contributed by atoms with Crippen molar-refractivity contribution in [1.29, 1.82) is 0 Å². The summed E-state index contributed by atoms with van der Waals surface area (Å²) in [7, 11) is 1.79. The summed E-state index contributed by atoms with van der Waals surface area (Å²) in [6, 6.07) is 12.5. The lowest BCUT2D eigenvalue weighted by molar-refractivity contribution is 0.122. The first-order valence-electron chi connectivity index (χ1n) is 9.03. The molecule has 0 spiro atoms. The van der Waals surface area contributed by atoms with Gasteiger partial charge in [-0.1, -0.05) is 30.3 Å². The van der Waals surface area contributed by atoms with Crippen LogP contribution in [0.15, 0.2) is 47.6 Å². The van der Waals surface area contributed by atoms with E-state index in [0.717, 1.165) is 50.2 Å². The summed E-state index contributed by atoms with van der Waals surface area (Å²) >= 11 is 0. The standard InChI is InChI=1S/C20H27N5O/c1-16-6-3-4-7-17(16)14-23-20(21-2)24-15-18-8-5-9-22-19(18)25-10-12-26-13-11-25/h3-9H,10-15H2,1-2H3,(H2,21,23,24). The van der Waals surface area contributed by atoms with Gasteiger partial charge in [0.1, 0.15) is 5.82 Å². The van der Waals surface area contributed by atoms with Gasteiger partial charge in [-0.25, -0.2) is 4.98 Å². The van der Waals surface area contributed by atoms with Gasteiger partial charge in [-0.3, -0.25) is 4.99 Å². The number of aromatic nitrogens is 1. The molecule has 0 aliphatic carbocycles. The molecule has 3 rings (SSSR count). The van der Waals surface area contributed by atoms with Crippen LogP contribution in [-0.2, 0) is 17.8 Å². The molecule has 0 radical (unpaired) electrons. The molecule has 1 aromatic carbocycles. The second-order valence-corrected chi connectivity index (χ2v) is 6.29. The number of hydrogen-bond donors (Lipinski definition) is 2. The van der Waals surface area contributed by atoms with Gasteiger partial charge in [0.15, 0.2) is 5.96 Å². The van der Waals surface area contributed by atoms with E-state index >= 15 is 0 Å². The maximum Gasteiger partial charge on any atom is 0.191 e. The highest BCUT2D eigenvalue weighted by Gasteiger charge is 2.15. The molecule has 0 bridgehead atoms. The summed E-state index contributed by atoms with van der Waals surface area (Å²) in [5.74, 6) is 1.81. The van der Waals surface area contributed by atoms with Crippen molar-refractivity contribution in [3.8, 4) is 0 Å². The zero-order valence-electron chi connectivity index (χ0n) is 15.5.